The lowest BCUT2D eigenvalue weighted by atomic mass is 10.1. The van der Waals surface area contributed by atoms with Gasteiger partial charge >= 0.3 is 0 Å². The van der Waals surface area contributed by atoms with E-state index in [-0.39, 0.29) is 34.2 Å². The van der Waals surface area contributed by atoms with Crippen LogP contribution in [-0.4, -0.2) is 21.0 Å². The molecule has 0 aliphatic carbocycles. The second-order valence-electron chi connectivity index (χ2n) is 6.84. The lowest BCUT2D eigenvalue weighted by Gasteiger charge is -2.15. The number of carbonyl (C=O) groups excluding carboxylic acids is 1. The molecule has 30 heavy (non-hydrogen) atoms. The van der Waals surface area contributed by atoms with Gasteiger partial charge in [-0.05, 0) is 48.4 Å². The number of carbonyl (C=O) groups is 1. The van der Waals surface area contributed by atoms with Crippen LogP contribution in [0.3, 0.4) is 0 Å². The largest absolute Gasteiger partial charge is 0.453 e. The number of hydrogen-bond acceptors (Lipinski definition) is 6. The van der Waals surface area contributed by atoms with Gasteiger partial charge in [-0.25, -0.2) is 0 Å². The third kappa shape index (κ3) is 3.32. The first kappa shape index (κ1) is 18.7. The number of aromatic nitrogens is 2. The van der Waals surface area contributed by atoms with Crippen LogP contribution in [0.15, 0.2) is 36.4 Å². The molecule has 2 aromatic carbocycles. The van der Waals surface area contributed by atoms with Crippen LogP contribution >= 0.6 is 0 Å². The topological polar surface area (TPSA) is 130 Å². The Bertz CT molecular complexity index is 1270. The third-order valence-electron chi connectivity index (χ3n) is 4.83. The summed E-state index contributed by atoms with van der Waals surface area (Å²) in [5.74, 6) is 0.220. The van der Waals surface area contributed by atoms with Gasteiger partial charge in [-0.15, -0.1) is 0 Å². The standard InChI is InChI=1S/C22H14N6O2/c1-13-21(30-19-6-15(9-24)4-16(7-19)10-25)20(27-26-13)22(29)28-11-17-3-2-14(8-23)5-18(17)12-28/h2-7H,11-12H2,1H3,(H,26,27). The highest BCUT2D eigenvalue weighted by molar-refractivity contribution is 5.95. The highest BCUT2D eigenvalue weighted by Crippen LogP contribution is 2.32. The molecular weight excluding hydrogens is 380 g/mol. The summed E-state index contributed by atoms with van der Waals surface area (Å²) in [4.78, 5) is 14.8. The smallest absolute Gasteiger partial charge is 0.276 e. The first-order chi connectivity index (χ1) is 14.5. The first-order valence-electron chi connectivity index (χ1n) is 9.01. The molecule has 1 aliphatic rings. The molecule has 0 spiro atoms. The minimum Gasteiger partial charge on any atom is -0.453 e. The Morgan fingerprint density at radius 1 is 1.00 bits per heavy atom. The Labute approximate surface area is 172 Å². The van der Waals surface area contributed by atoms with Crippen molar-refractivity contribution in [1.29, 1.82) is 15.8 Å². The fourth-order valence-corrected chi connectivity index (χ4v) is 3.36. The number of hydrogen-bond donors (Lipinski definition) is 1. The van der Waals surface area contributed by atoms with E-state index < -0.39 is 0 Å². The lowest BCUT2D eigenvalue weighted by Crippen LogP contribution is -2.26. The van der Waals surface area contributed by atoms with E-state index in [9.17, 15) is 4.79 Å². The predicted octanol–water partition coefficient (Wildman–Crippen LogP) is 3.28. The van der Waals surface area contributed by atoms with Crippen LogP contribution in [0.4, 0.5) is 0 Å². The number of nitrogens with one attached hydrogen (secondary N) is 1. The highest BCUT2D eigenvalue weighted by atomic mass is 16.5. The van der Waals surface area contributed by atoms with E-state index in [1.807, 2.05) is 18.2 Å². The molecule has 0 radical (unpaired) electrons. The van der Waals surface area contributed by atoms with Crippen LogP contribution in [0.2, 0.25) is 0 Å². The van der Waals surface area contributed by atoms with Gasteiger partial charge in [0, 0.05) is 13.1 Å². The summed E-state index contributed by atoms with van der Waals surface area (Å²) in [6.45, 7) is 2.49. The van der Waals surface area contributed by atoms with Crippen molar-refractivity contribution in [3.05, 3.63) is 75.6 Å². The van der Waals surface area contributed by atoms with Crippen LogP contribution in [0.1, 0.15) is 44.0 Å². The maximum absolute atomic E-state index is 13.1. The van der Waals surface area contributed by atoms with Gasteiger partial charge in [0.1, 0.15) is 11.4 Å². The molecule has 0 saturated heterocycles. The van der Waals surface area contributed by atoms with Gasteiger partial charge < -0.3 is 9.64 Å². The maximum atomic E-state index is 13.1. The SMILES string of the molecule is Cc1n[nH]c(C(=O)N2Cc3ccc(C#N)cc3C2)c1Oc1cc(C#N)cc(C#N)c1. The van der Waals surface area contributed by atoms with Crippen LogP contribution < -0.4 is 4.74 Å². The zero-order chi connectivity index (χ0) is 21.3. The molecule has 0 bridgehead atoms. The first-order valence-corrected chi connectivity index (χ1v) is 9.01. The Kier molecular flexibility index (Phi) is 4.64. The monoisotopic (exact) mass is 394 g/mol. The van der Waals surface area contributed by atoms with E-state index in [0.29, 0.717) is 24.3 Å². The molecular formula is C22H14N6O2. The molecule has 1 aromatic heterocycles. The summed E-state index contributed by atoms with van der Waals surface area (Å²) >= 11 is 0. The number of ether oxygens (including phenoxy) is 1. The summed E-state index contributed by atoms with van der Waals surface area (Å²) in [6, 6.07) is 15.9. The van der Waals surface area contributed by atoms with Gasteiger partial charge in [-0.1, -0.05) is 6.07 Å². The minimum absolute atomic E-state index is 0.182. The number of benzene rings is 2. The number of aromatic amines is 1. The number of amides is 1. The highest BCUT2D eigenvalue weighted by Gasteiger charge is 2.29. The average molecular weight is 394 g/mol. The molecule has 1 aliphatic heterocycles. The molecule has 0 saturated carbocycles. The number of rotatable bonds is 3. The van der Waals surface area contributed by atoms with Gasteiger partial charge in [0.15, 0.2) is 11.4 Å². The fourth-order valence-electron chi connectivity index (χ4n) is 3.36. The molecule has 8 heteroatoms. The summed E-state index contributed by atoms with van der Waals surface area (Å²) in [5.41, 5.74) is 3.69. The number of nitriles is 3. The van der Waals surface area contributed by atoms with Gasteiger partial charge in [0.05, 0.1) is 34.9 Å². The van der Waals surface area contributed by atoms with Crippen LogP contribution in [0.5, 0.6) is 11.5 Å². The zero-order valence-corrected chi connectivity index (χ0v) is 15.9. The molecule has 0 atom stereocenters. The Morgan fingerprint density at radius 3 is 2.33 bits per heavy atom. The Morgan fingerprint density at radius 2 is 1.67 bits per heavy atom. The Hall–Kier alpha value is -4.61. The van der Waals surface area contributed by atoms with Gasteiger partial charge in [-0.2, -0.15) is 20.9 Å². The van der Waals surface area contributed by atoms with E-state index in [2.05, 4.69) is 16.3 Å². The summed E-state index contributed by atoms with van der Waals surface area (Å²) in [6.07, 6.45) is 0. The predicted molar refractivity (Wildman–Crippen MR) is 104 cm³/mol. The fraction of sp³-hybridized carbons (Fsp3) is 0.136. The molecule has 144 valence electrons. The van der Waals surface area contributed by atoms with Gasteiger partial charge in [0.2, 0.25) is 0 Å². The second kappa shape index (κ2) is 7.43. The van der Waals surface area contributed by atoms with Crippen molar-refractivity contribution in [2.24, 2.45) is 0 Å². The van der Waals surface area contributed by atoms with Crippen LogP contribution in [-0.2, 0) is 13.1 Å². The Balaban J connectivity index is 1.62. The summed E-state index contributed by atoms with van der Waals surface area (Å²) < 4.78 is 5.87. The molecule has 2 heterocycles. The van der Waals surface area contributed by atoms with Crippen molar-refractivity contribution in [2.45, 2.75) is 20.0 Å². The van der Waals surface area contributed by atoms with E-state index in [1.54, 1.807) is 24.0 Å². The van der Waals surface area contributed by atoms with Crippen LogP contribution in [0.25, 0.3) is 0 Å². The molecule has 0 unspecified atom stereocenters. The minimum atomic E-state index is -0.294. The second-order valence-corrected chi connectivity index (χ2v) is 6.84. The van der Waals surface area contributed by atoms with Crippen molar-refractivity contribution in [1.82, 2.24) is 15.1 Å². The van der Waals surface area contributed by atoms with Crippen molar-refractivity contribution in [2.75, 3.05) is 0 Å². The molecule has 0 fully saturated rings. The van der Waals surface area contributed by atoms with E-state index >= 15 is 0 Å². The van der Waals surface area contributed by atoms with Gasteiger partial charge in [-0.3, -0.25) is 9.89 Å². The van der Waals surface area contributed by atoms with Crippen molar-refractivity contribution in [3.63, 3.8) is 0 Å². The van der Waals surface area contributed by atoms with Gasteiger partial charge in [0.25, 0.3) is 5.91 Å². The zero-order valence-electron chi connectivity index (χ0n) is 15.9. The molecule has 3 aromatic rings. The number of fused-ring (bicyclic) bond motifs is 1. The molecule has 1 N–H and O–H groups in total. The summed E-state index contributed by atoms with van der Waals surface area (Å²) in [5, 5.41) is 34.2. The van der Waals surface area contributed by atoms with Crippen molar-refractivity contribution < 1.29 is 9.53 Å². The number of aryl methyl sites for hydroxylation is 1. The normalized spacial score (nSPS) is 11.9. The van der Waals surface area contributed by atoms with Crippen LogP contribution in [0, 0.1) is 40.9 Å². The van der Waals surface area contributed by atoms with Crippen molar-refractivity contribution in [3.8, 4) is 29.7 Å². The van der Waals surface area contributed by atoms with E-state index in [4.69, 9.17) is 20.5 Å². The quantitative estimate of drug-likeness (QED) is 0.725. The maximum Gasteiger partial charge on any atom is 0.276 e. The van der Waals surface area contributed by atoms with E-state index in [1.165, 1.54) is 18.2 Å². The summed E-state index contributed by atoms with van der Waals surface area (Å²) in [7, 11) is 0. The van der Waals surface area contributed by atoms with Crippen molar-refractivity contribution >= 4 is 5.91 Å². The number of nitrogens with zero attached hydrogens (tertiary/aromatic N) is 5. The third-order valence-corrected chi connectivity index (χ3v) is 4.83. The molecule has 4 rings (SSSR count). The average Bonchev–Trinajstić information content (AvgIpc) is 3.36. The molecule has 8 nitrogen and oxygen atoms in total. The lowest BCUT2D eigenvalue weighted by molar-refractivity contribution is 0.0742. The van der Waals surface area contributed by atoms with E-state index in [0.717, 1.165) is 11.1 Å². The molecule has 1 amide bonds. The number of H-pyrrole nitrogens is 1.